The van der Waals surface area contributed by atoms with Crippen molar-refractivity contribution in [3.05, 3.63) is 35.9 Å². The van der Waals surface area contributed by atoms with Gasteiger partial charge in [-0.3, -0.25) is 19.0 Å². The van der Waals surface area contributed by atoms with Crippen LogP contribution in [0.4, 0.5) is 0 Å². The SMILES string of the molecule is CC(C)C(=O)CCCN1CCCC(n2cc(C(C)(C)CC(C)C(=O)CCN3CCCC(n4cc(C(C)C)cn4)C3)cn2)C1. The summed E-state index contributed by atoms with van der Waals surface area (Å²) in [4.78, 5) is 30.3. The van der Waals surface area contributed by atoms with Crippen molar-refractivity contribution in [2.75, 3.05) is 39.3 Å². The molecule has 4 rings (SSSR count). The Hall–Kier alpha value is -2.32. The standard InChI is InChI=1S/C35H58N6O2/c1-26(2)29-20-36-40(22-29)31-11-9-16-39(25-31)18-14-34(43)28(5)19-35(6,7)30-21-37-41(23-30)32-12-8-15-38(24-32)17-10-13-33(42)27(3)4/h20-23,26-28,31-32H,8-19,24-25H2,1-7H3. The quantitative estimate of drug-likeness (QED) is 0.236. The van der Waals surface area contributed by atoms with Gasteiger partial charge in [-0.05, 0) is 80.6 Å². The third-order valence-corrected chi connectivity index (χ3v) is 9.96. The molecule has 0 bridgehead atoms. The Kier molecular flexibility index (Phi) is 11.8. The average Bonchev–Trinajstić information content (AvgIpc) is 3.67. The van der Waals surface area contributed by atoms with Crippen molar-refractivity contribution in [1.29, 1.82) is 0 Å². The number of ketones is 2. The van der Waals surface area contributed by atoms with Crippen molar-refractivity contribution in [2.24, 2.45) is 11.8 Å². The number of rotatable bonds is 15. The number of nitrogens with zero attached hydrogens (tertiary/aromatic N) is 6. The minimum absolute atomic E-state index is 0.0115. The first kappa shape index (κ1) is 33.6. The van der Waals surface area contributed by atoms with E-state index in [0.29, 0.717) is 42.4 Å². The lowest BCUT2D eigenvalue weighted by molar-refractivity contribution is -0.123. The smallest absolute Gasteiger partial charge is 0.137 e. The molecular weight excluding hydrogens is 536 g/mol. The van der Waals surface area contributed by atoms with E-state index in [1.807, 2.05) is 26.2 Å². The molecule has 0 aromatic carbocycles. The highest BCUT2D eigenvalue weighted by atomic mass is 16.1. The minimum atomic E-state index is -0.122. The molecule has 2 aromatic rings. The lowest BCUT2D eigenvalue weighted by Crippen LogP contribution is -2.38. The highest BCUT2D eigenvalue weighted by Crippen LogP contribution is 2.33. The van der Waals surface area contributed by atoms with Crippen LogP contribution in [0.2, 0.25) is 0 Å². The molecule has 2 aliphatic heterocycles. The summed E-state index contributed by atoms with van der Waals surface area (Å²) in [6, 6.07) is 0.764. The van der Waals surface area contributed by atoms with Gasteiger partial charge in [0.05, 0.1) is 24.5 Å². The van der Waals surface area contributed by atoms with Gasteiger partial charge >= 0.3 is 0 Å². The number of aromatic nitrogens is 4. The Morgan fingerprint density at radius 1 is 0.837 bits per heavy atom. The molecule has 0 aliphatic carbocycles. The van der Waals surface area contributed by atoms with Gasteiger partial charge in [-0.1, -0.05) is 48.5 Å². The van der Waals surface area contributed by atoms with E-state index in [-0.39, 0.29) is 17.3 Å². The summed E-state index contributed by atoms with van der Waals surface area (Å²) in [7, 11) is 0. The van der Waals surface area contributed by atoms with Crippen LogP contribution < -0.4 is 0 Å². The van der Waals surface area contributed by atoms with Gasteiger partial charge in [0.15, 0.2) is 0 Å². The van der Waals surface area contributed by atoms with Gasteiger partial charge in [-0.2, -0.15) is 10.2 Å². The van der Waals surface area contributed by atoms with E-state index in [1.165, 1.54) is 11.1 Å². The lowest BCUT2D eigenvalue weighted by Gasteiger charge is -2.33. The van der Waals surface area contributed by atoms with Crippen LogP contribution in [-0.4, -0.2) is 80.2 Å². The number of hydrogen-bond donors (Lipinski definition) is 0. The van der Waals surface area contributed by atoms with Gasteiger partial charge in [-0.25, -0.2) is 0 Å². The molecule has 4 heterocycles. The van der Waals surface area contributed by atoms with Crippen molar-refractivity contribution in [3.8, 4) is 0 Å². The van der Waals surface area contributed by atoms with Crippen LogP contribution in [0.1, 0.15) is 129 Å². The highest BCUT2D eigenvalue weighted by molar-refractivity contribution is 5.81. The van der Waals surface area contributed by atoms with E-state index < -0.39 is 0 Å². The van der Waals surface area contributed by atoms with Gasteiger partial charge in [0.1, 0.15) is 11.6 Å². The molecule has 0 saturated carbocycles. The molecule has 8 nitrogen and oxygen atoms in total. The van der Waals surface area contributed by atoms with Gasteiger partial charge in [-0.15, -0.1) is 0 Å². The summed E-state index contributed by atoms with van der Waals surface area (Å²) in [6.07, 6.45) is 16.1. The van der Waals surface area contributed by atoms with Gasteiger partial charge < -0.3 is 9.80 Å². The summed E-state index contributed by atoms with van der Waals surface area (Å²) in [6.45, 7) is 20.9. The first-order chi connectivity index (χ1) is 20.4. The number of hydrogen-bond acceptors (Lipinski definition) is 6. The maximum atomic E-state index is 13.3. The predicted octanol–water partition coefficient (Wildman–Crippen LogP) is 6.45. The molecular formula is C35H58N6O2. The number of Topliss-reactive ketones (excluding diaryl/α,β-unsaturated/α-hetero) is 2. The molecule has 43 heavy (non-hydrogen) atoms. The Balaban J connectivity index is 1.24. The second-order valence-electron chi connectivity index (χ2n) is 14.7. The topological polar surface area (TPSA) is 76.3 Å². The summed E-state index contributed by atoms with van der Waals surface area (Å²) in [5.41, 5.74) is 2.38. The second kappa shape index (κ2) is 15.1. The lowest BCUT2D eigenvalue weighted by atomic mass is 9.77. The van der Waals surface area contributed by atoms with Crippen molar-refractivity contribution in [3.63, 3.8) is 0 Å². The first-order valence-electron chi connectivity index (χ1n) is 17.0. The summed E-state index contributed by atoms with van der Waals surface area (Å²) in [5, 5.41) is 9.45. The molecule has 8 heteroatoms. The van der Waals surface area contributed by atoms with E-state index >= 15 is 0 Å². The van der Waals surface area contributed by atoms with Crippen LogP contribution in [-0.2, 0) is 15.0 Å². The molecule has 2 aliphatic rings. The fourth-order valence-corrected chi connectivity index (χ4v) is 6.92. The third-order valence-electron chi connectivity index (χ3n) is 9.96. The van der Waals surface area contributed by atoms with E-state index in [2.05, 4.69) is 71.3 Å². The molecule has 0 spiro atoms. The fourth-order valence-electron chi connectivity index (χ4n) is 6.92. The Morgan fingerprint density at radius 2 is 1.44 bits per heavy atom. The normalized spacial score (nSPS) is 21.5. The summed E-state index contributed by atoms with van der Waals surface area (Å²) < 4.78 is 4.31. The molecule has 0 N–H and O–H groups in total. The van der Waals surface area contributed by atoms with E-state index in [1.54, 1.807) is 0 Å². The van der Waals surface area contributed by atoms with Gasteiger partial charge in [0.25, 0.3) is 0 Å². The minimum Gasteiger partial charge on any atom is -0.301 e. The zero-order valence-electron chi connectivity index (χ0n) is 28.1. The van der Waals surface area contributed by atoms with E-state index in [4.69, 9.17) is 5.10 Å². The summed E-state index contributed by atoms with van der Waals surface area (Å²) >= 11 is 0. The molecule has 2 fully saturated rings. The number of piperidine rings is 2. The van der Waals surface area contributed by atoms with Crippen LogP contribution in [0.5, 0.6) is 0 Å². The predicted molar refractivity (Wildman–Crippen MR) is 173 cm³/mol. The van der Waals surface area contributed by atoms with Crippen LogP contribution in [0.3, 0.4) is 0 Å². The van der Waals surface area contributed by atoms with Crippen molar-refractivity contribution in [1.82, 2.24) is 29.4 Å². The average molecular weight is 595 g/mol. The molecule has 3 unspecified atom stereocenters. The fraction of sp³-hybridized carbons (Fsp3) is 0.771. The Labute approximate surface area is 260 Å². The largest absolute Gasteiger partial charge is 0.301 e. The number of carbonyl (C=O) groups is 2. The van der Waals surface area contributed by atoms with Crippen molar-refractivity contribution in [2.45, 2.75) is 123 Å². The molecule has 3 atom stereocenters. The first-order valence-corrected chi connectivity index (χ1v) is 17.0. The molecule has 2 saturated heterocycles. The number of likely N-dealkylation sites (tertiary alicyclic amines) is 2. The van der Waals surface area contributed by atoms with Crippen LogP contribution >= 0.6 is 0 Å². The maximum absolute atomic E-state index is 13.3. The van der Waals surface area contributed by atoms with Crippen LogP contribution in [0.25, 0.3) is 0 Å². The van der Waals surface area contributed by atoms with Crippen LogP contribution in [0, 0.1) is 11.8 Å². The van der Waals surface area contributed by atoms with Gasteiger partial charge in [0, 0.05) is 56.7 Å². The molecule has 0 radical (unpaired) electrons. The molecule has 2 aromatic heterocycles. The monoisotopic (exact) mass is 594 g/mol. The highest BCUT2D eigenvalue weighted by Gasteiger charge is 2.30. The Bertz CT molecular complexity index is 1180. The van der Waals surface area contributed by atoms with Crippen LogP contribution in [0.15, 0.2) is 24.8 Å². The van der Waals surface area contributed by atoms with E-state index in [0.717, 1.165) is 77.8 Å². The van der Waals surface area contributed by atoms with E-state index in [9.17, 15) is 9.59 Å². The maximum Gasteiger partial charge on any atom is 0.137 e. The van der Waals surface area contributed by atoms with Gasteiger partial charge in [0.2, 0.25) is 0 Å². The Morgan fingerprint density at radius 3 is 2.05 bits per heavy atom. The second-order valence-corrected chi connectivity index (χ2v) is 14.7. The third kappa shape index (κ3) is 9.34. The number of carbonyl (C=O) groups excluding carboxylic acids is 2. The summed E-state index contributed by atoms with van der Waals surface area (Å²) in [5.74, 6) is 1.37. The molecule has 0 amide bonds. The van der Waals surface area contributed by atoms with Crippen molar-refractivity contribution < 1.29 is 9.59 Å². The zero-order valence-corrected chi connectivity index (χ0v) is 28.1. The zero-order chi connectivity index (χ0) is 31.1. The van der Waals surface area contributed by atoms with Crippen molar-refractivity contribution >= 4 is 11.6 Å². The molecule has 240 valence electrons.